The first-order valence-electron chi connectivity index (χ1n) is 8.93. The van der Waals surface area contributed by atoms with E-state index in [1.807, 2.05) is 49.4 Å². The number of carbonyl (C=O) groups is 2. The average Bonchev–Trinajstić information content (AvgIpc) is 3.07. The smallest absolute Gasteiger partial charge is 0.410 e. The molecule has 0 aliphatic carbocycles. The van der Waals surface area contributed by atoms with E-state index in [0.29, 0.717) is 16.9 Å². The van der Waals surface area contributed by atoms with E-state index in [1.165, 1.54) is 12.0 Å². The zero-order chi connectivity index (χ0) is 19.7. The first-order chi connectivity index (χ1) is 13.6. The number of pyridine rings is 1. The maximum Gasteiger partial charge on any atom is 0.410 e. The van der Waals surface area contributed by atoms with E-state index in [-0.39, 0.29) is 18.9 Å². The summed E-state index contributed by atoms with van der Waals surface area (Å²) in [4.78, 5) is 33.8. The Labute approximate surface area is 162 Å². The zero-order valence-corrected chi connectivity index (χ0v) is 15.7. The summed E-state index contributed by atoms with van der Waals surface area (Å²) in [5.41, 5.74) is 5.43. The summed E-state index contributed by atoms with van der Waals surface area (Å²) in [6, 6.07) is 13.5. The Morgan fingerprint density at radius 2 is 2.00 bits per heavy atom. The number of aromatic nitrogens is 2. The van der Waals surface area contributed by atoms with Crippen molar-refractivity contribution in [1.82, 2.24) is 14.9 Å². The number of aromatic amines is 1. The number of para-hydroxylation sites is 1. The first-order valence-corrected chi connectivity index (χ1v) is 8.93. The SMILES string of the molecule is COC(=O)N1CC(=O)c2c([nH]c(-c3ccnc(C)c3)c2Nc2ccccc2)C1. The van der Waals surface area contributed by atoms with Crippen LogP contribution in [0.3, 0.4) is 0 Å². The second-order valence-corrected chi connectivity index (χ2v) is 6.65. The number of benzene rings is 1. The minimum Gasteiger partial charge on any atom is -0.453 e. The highest BCUT2D eigenvalue weighted by molar-refractivity contribution is 6.09. The third-order valence-electron chi connectivity index (χ3n) is 4.70. The number of hydrogen-bond donors (Lipinski definition) is 2. The van der Waals surface area contributed by atoms with E-state index < -0.39 is 6.09 Å². The largest absolute Gasteiger partial charge is 0.453 e. The van der Waals surface area contributed by atoms with Crippen molar-refractivity contribution in [2.24, 2.45) is 0 Å². The van der Waals surface area contributed by atoms with Crippen LogP contribution >= 0.6 is 0 Å². The van der Waals surface area contributed by atoms with Crippen LogP contribution in [0.25, 0.3) is 11.3 Å². The van der Waals surface area contributed by atoms with E-state index in [4.69, 9.17) is 4.74 Å². The molecule has 0 bridgehead atoms. The Morgan fingerprint density at radius 3 is 2.71 bits per heavy atom. The molecule has 0 radical (unpaired) electrons. The predicted molar refractivity (Wildman–Crippen MR) is 106 cm³/mol. The molecule has 0 saturated carbocycles. The number of ketones is 1. The van der Waals surface area contributed by atoms with Crippen LogP contribution in [0.5, 0.6) is 0 Å². The van der Waals surface area contributed by atoms with E-state index in [1.54, 1.807) is 6.20 Å². The number of fused-ring (bicyclic) bond motifs is 1. The lowest BCUT2D eigenvalue weighted by Gasteiger charge is -2.25. The van der Waals surface area contributed by atoms with Crippen molar-refractivity contribution in [3.63, 3.8) is 0 Å². The minimum atomic E-state index is -0.521. The van der Waals surface area contributed by atoms with Crippen LogP contribution in [-0.2, 0) is 11.3 Å². The highest BCUT2D eigenvalue weighted by atomic mass is 16.5. The minimum absolute atomic E-state index is 0.0180. The standard InChI is InChI=1S/C21H20N4O3/c1-13-10-14(8-9-22-13)19-20(23-15-6-4-3-5-7-15)18-16(24-19)11-25(12-17(18)26)21(27)28-2/h3-10,23-24H,11-12H2,1-2H3. The molecular formula is C21H20N4O3. The monoisotopic (exact) mass is 376 g/mol. The Kier molecular flexibility index (Phi) is 4.57. The van der Waals surface area contributed by atoms with Gasteiger partial charge in [-0.1, -0.05) is 18.2 Å². The third kappa shape index (κ3) is 3.22. The molecule has 142 valence electrons. The predicted octanol–water partition coefficient (Wildman–Crippen LogP) is 3.89. The highest BCUT2D eigenvalue weighted by Crippen LogP contribution is 2.38. The number of carbonyl (C=O) groups excluding carboxylic acids is 2. The van der Waals surface area contributed by atoms with Gasteiger partial charge in [0.15, 0.2) is 5.78 Å². The number of nitrogens with one attached hydrogen (secondary N) is 2. The fourth-order valence-electron chi connectivity index (χ4n) is 3.44. The number of rotatable bonds is 3. The molecule has 2 aromatic heterocycles. The second kappa shape index (κ2) is 7.19. The maximum absolute atomic E-state index is 12.9. The summed E-state index contributed by atoms with van der Waals surface area (Å²) in [5.74, 6) is -0.140. The van der Waals surface area contributed by atoms with Crippen molar-refractivity contribution in [3.05, 3.63) is 65.6 Å². The summed E-state index contributed by atoms with van der Waals surface area (Å²) in [6.07, 6.45) is 1.21. The van der Waals surface area contributed by atoms with Crippen LogP contribution in [0.4, 0.5) is 16.2 Å². The lowest BCUT2D eigenvalue weighted by atomic mass is 10.0. The Hall–Kier alpha value is -3.61. The Balaban J connectivity index is 1.84. The molecule has 28 heavy (non-hydrogen) atoms. The first kappa shape index (κ1) is 17.8. The second-order valence-electron chi connectivity index (χ2n) is 6.65. The number of nitrogens with zero attached hydrogens (tertiary/aromatic N) is 2. The van der Waals surface area contributed by atoms with Crippen LogP contribution in [0.1, 0.15) is 21.7 Å². The number of anilines is 2. The summed E-state index contributed by atoms with van der Waals surface area (Å²) in [7, 11) is 1.31. The lowest BCUT2D eigenvalue weighted by molar-refractivity contribution is 0.0840. The van der Waals surface area contributed by atoms with Crippen molar-refractivity contribution in [1.29, 1.82) is 0 Å². The van der Waals surface area contributed by atoms with Gasteiger partial charge in [-0.25, -0.2) is 4.79 Å². The number of amides is 1. The Morgan fingerprint density at radius 1 is 1.21 bits per heavy atom. The molecule has 1 aliphatic heterocycles. The van der Waals surface area contributed by atoms with Crippen molar-refractivity contribution in [2.75, 3.05) is 19.0 Å². The molecule has 7 nitrogen and oxygen atoms in total. The van der Waals surface area contributed by atoms with Gasteiger partial charge in [0, 0.05) is 28.8 Å². The topological polar surface area (TPSA) is 87.3 Å². The van der Waals surface area contributed by atoms with E-state index in [9.17, 15) is 9.59 Å². The molecule has 4 rings (SSSR count). The van der Waals surface area contributed by atoms with Gasteiger partial charge >= 0.3 is 6.09 Å². The summed E-state index contributed by atoms with van der Waals surface area (Å²) in [5, 5.41) is 3.38. The maximum atomic E-state index is 12.9. The van der Waals surface area contributed by atoms with Gasteiger partial charge in [0.1, 0.15) is 0 Å². The molecule has 7 heteroatoms. The molecule has 0 saturated heterocycles. The third-order valence-corrected chi connectivity index (χ3v) is 4.70. The van der Waals surface area contributed by atoms with Gasteiger partial charge < -0.3 is 15.0 Å². The Bertz CT molecular complexity index is 1040. The van der Waals surface area contributed by atoms with Gasteiger partial charge in [-0.15, -0.1) is 0 Å². The van der Waals surface area contributed by atoms with Crippen molar-refractivity contribution in [3.8, 4) is 11.3 Å². The van der Waals surface area contributed by atoms with E-state index in [0.717, 1.165) is 22.6 Å². The molecule has 3 aromatic rings. The molecule has 1 aliphatic rings. The van der Waals surface area contributed by atoms with Gasteiger partial charge in [0.05, 0.1) is 37.1 Å². The number of H-pyrrole nitrogens is 1. The summed E-state index contributed by atoms with van der Waals surface area (Å²) >= 11 is 0. The van der Waals surface area contributed by atoms with Crippen molar-refractivity contribution in [2.45, 2.75) is 13.5 Å². The van der Waals surface area contributed by atoms with Gasteiger partial charge in [-0.05, 0) is 31.2 Å². The molecular weight excluding hydrogens is 356 g/mol. The molecule has 3 heterocycles. The van der Waals surface area contributed by atoms with Crippen LogP contribution in [0.2, 0.25) is 0 Å². The van der Waals surface area contributed by atoms with Gasteiger partial charge in [-0.2, -0.15) is 0 Å². The molecule has 1 amide bonds. The van der Waals surface area contributed by atoms with Crippen LogP contribution in [-0.4, -0.2) is 40.4 Å². The summed E-state index contributed by atoms with van der Waals surface area (Å²) < 4.78 is 4.78. The van der Waals surface area contributed by atoms with Crippen molar-refractivity contribution < 1.29 is 14.3 Å². The summed E-state index contributed by atoms with van der Waals surface area (Å²) in [6.45, 7) is 2.18. The molecule has 0 fully saturated rings. The quantitative estimate of drug-likeness (QED) is 0.724. The molecule has 0 unspecified atom stereocenters. The van der Waals surface area contributed by atoms with E-state index >= 15 is 0 Å². The van der Waals surface area contributed by atoms with Gasteiger partial charge in [-0.3, -0.25) is 14.7 Å². The molecule has 0 atom stereocenters. The number of Topliss-reactive ketones (excluding diaryl/α,β-unsaturated/α-hetero) is 1. The van der Waals surface area contributed by atoms with E-state index in [2.05, 4.69) is 15.3 Å². The number of hydrogen-bond acceptors (Lipinski definition) is 5. The highest BCUT2D eigenvalue weighted by Gasteiger charge is 2.33. The van der Waals surface area contributed by atoms with Crippen molar-refractivity contribution >= 4 is 23.3 Å². The zero-order valence-electron chi connectivity index (χ0n) is 15.7. The molecule has 0 spiro atoms. The van der Waals surface area contributed by atoms with Crippen LogP contribution in [0, 0.1) is 6.92 Å². The number of ether oxygens (including phenoxy) is 1. The van der Waals surface area contributed by atoms with Gasteiger partial charge in [0.2, 0.25) is 0 Å². The number of aryl methyl sites for hydroxylation is 1. The molecule has 1 aromatic carbocycles. The fraction of sp³-hybridized carbons (Fsp3) is 0.190. The van der Waals surface area contributed by atoms with Gasteiger partial charge in [0.25, 0.3) is 0 Å². The average molecular weight is 376 g/mol. The normalized spacial score (nSPS) is 13.2. The van der Waals surface area contributed by atoms with Crippen LogP contribution in [0.15, 0.2) is 48.7 Å². The lowest BCUT2D eigenvalue weighted by Crippen LogP contribution is -2.39. The number of methoxy groups -OCH3 is 1. The molecule has 2 N–H and O–H groups in total. The van der Waals surface area contributed by atoms with Crippen LogP contribution < -0.4 is 5.32 Å². The fourth-order valence-corrected chi connectivity index (χ4v) is 3.44.